The SMILES string of the molecule is CCSc1sc(C(=O)OC)c(SCCSc2[s+]c(SCC)sc2C(=O)OC)[s+]1.F[B-](F)(F)F.F[B-](F)(F)F. The molecule has 0 bridgehead atoms. The Morgan fingerprint density at radius 3 is 1.21 bits per heavy atom. The standard InChI is InChI=1S/C16H20O4S8.2BF4/c1-5-21-15-25-9(11(17)19-3)13(27-15)23-7-8-24-14-10(12(18)20-4)26-16(28-14)22-6-2;2*2-1(3,4)5/h5-8H2,1-4H3;;/q+2;2*-1. The molecule has 0 aliphatic carbocycles. The lowest BCUT2D eigenvalue weighted by molar-refractivity contribution is 0.0594. The minimum atomic E-state index is -6.00. The van der Waals surface area contributed by atoms with Crippen LogP contribution >= 0.6 is 92.4 Å². The predicted molar refractivity (Wildman–Crippen MR) is 151 cm³/mol. The van der Waals surface area contributed by atoms with Gasteiger partial charge in [0.05, 0.1) is 14.2 Å². The quantitative estimate of drug-likeness (QED) is 0.0572. The third-order valence-corrected chi connectivity index (χ3v) is 13.7. The van der Waals surface area contributed by atoms with Crippen molar-refractivity contribution in [3.05, 3.63) is 9.75 Å². The van der Waals surface area contributed by atoms with E-state index in [9.17, 15) is 44.1 Å². The van der Waals surface area contributed by atoms with Crippen LogP contribution in [0, 0.1) is 0 Å². The molecule has 218 valence electrons. The number of hydrogen-bond donors (Lipinski definition) is 0. The van der Waals surface area contributed by atoms with Crippen LogP contribution in [0.15, 0.2) is 15.5 Å². The molecule has 2 aromatic heterocycles. The zero-order valence-corrected chi connectivity index (χ0v) is 26.4. The van der Waals surface area contributed by atoms with Gasteiger partial charge in [0.2, 0.25) is 8.42 Å². The summed E-state index contributed by atoms with van der Waals surface area (Å²) in [4.78, 5) is 25.5. The van der Waals surface area contributed by atoms with Gasteiger partial charge in [0.15, 0.2) is 0 Å². The van der Waals surface area contributed by atoms with Crippen LogP contribution in [0.25, 0.3) is 0 Å². The van der Waals surface area contributed by atoms with Crippen molar-refractivity contribution >= 4 is 119 Å². The van der Waals surface area contributed by atoms with E-state index in [0.717, 1.165) is 31.4 Å². The minimum Gasteiger partial charge on any atom is -0.463 e. The van der Waals surface area contributed by atoms with E-state index in [-0.39, 0.29) is 11.9 Å². The van der Waals surface area contributed by atoms with Crippen molar-refractivity contribution in [3.8, 4) is 0 Å². The van der Waals surface area contributed by atoms with Crippen LogP contribution in [-0.2, 0) is 9.47 Å². The second-order valence-electron chi connectivity index (χ2n) is 5.68. The highest BCUT2D eigenvalue weighted by Crippen LogP contribution is 2.44. The average molecular weight is 706 g/mol. The summed E-state index contributed by atoms with van der Waals surface area (Å²) in [6.07, 6.45) is 0. The molecular formula is C16H20B2F8O4S8. The van der Waals surface area contributed by atoms with Crippen molar-refractivity contribution in [2.24, 2.45) is 0 Å². The van der Waals surface area contributed by atoms with E-state index in [1.54, 1.807) is 69.7 Å². The number of thioether (sulfide) groups is 4. The van der Waals surface area contributed by atoms with Crippen LogP contribution in [0.2, 0.25) is 0 Å². The molecule has 0 atom stereocenters. The van der Waals surface area contributed by atoms with Gasteiger partial charge in [0.1, 0.15) is 45.3 Å². The lowest BCUT2D eigenvalue weighted by atomic mass is 10.3. The summed E-state index contributed by atoms with van der Waals surface area (Å²) in [6, 6.07) is 0. The third-order valence-electron chi connectivity index (χ3n) is 2.91. The molecule has 0 saturated carbocycles. The number of carbonyl (C=O) groups excluding carboxylic acids is 2. The number of esters is 2. The fourth-order valence-electron chi connectivity index (χ4n) is 1.78. The summed E-state index contributed by atoms with van der Waals surface area (Å²) in [6.45, 7) is 4.20. The largest absolute Gasteiger partial charge is 0.673 e. The number of ether oxygens (including phenoxy) is 2. The Bertz CT molecular complexity index is 913. The summed E-state index contributed by atoms with van der Waals surface area (Å²) in [7, 11) is -9.16. The molecule has 0 fully saturated rings. The Morgan fingerprint density at radius 1 is 0.684 bits per heavy atom. The normalized spacial score (nSPS) is 11.2. The van der Waals surface area contributed by atoms with Gasteiger partial charge in [0, 0.05) is 23.0 Å². The Kier molecular flexibility index (Phi) is 19.2. The highest BCUT2D eigenvalue weighted by molar-refractivity contribution is 8.07. The van der Waals surface area contributed by atoms with Crippen LogP contribution in [-0.4, -0.2) is 63.7 Å². The van der Waals surface area contributed by atoms with Crippen LogP contribution in [0.1, 0.15) is 33.2 Å². The number of rotatable bonds is 11. The minimum absolute atomic E-state index is 0.270. The molecule has 0 radical (unpaired) electrons. The maximum Gasteiger partial charge on any atom is 0.673 e. The van der Waals surface area contributed by atoms with Gasteiger partial charge in [-0.1, -0.05) is 60.9 Å². The second-order valence-corrected chi connectivity index (χ2v) is 16.6. The number of halogens is 8. The molecule has 2 heterocycles. The summed E-state index contributed by atoms with van der Waals surface area (Å²) < 4.78 is 92.2. The molecule has 38 heavy (non-hydrogen) atoms. The van der Waals surface area contributed by atoms with Gasteiger partial charge in [-0.15, -0.1) is 0 Å². The number of methoxy groups -OCH3 is 2. The van der Waals surface area contributed by atoms with Crippen molar-refractivity contribution in [3.63, 3.8) is 0 Å². The molecule has 2 aromatic rings. The zero-order valence-electron chi connectivity index (χ0n) is 19.9. The lowest BCUT2D eigenvalue weighted by Crippen LogP contribution is -2.02. The van der Waals surface area contributed by atoms with E-state index in [0.29, 0.717) is 9.75 Å². The number of hydrogen-bond acceptors (Lipinski definition) is 10. The Morgan fingerprint density at radius 2 is 0.974 bits per heavy atom. The van der Waals surface area contributed by atoms with Crippen molar-refractivity contribution in [1.29, 1.82) is 0 Å². The Labute approximate surface area is 247 Å². The molecule has 0 saturated heterocycles. The van der Waals surface area contributed by atoms with E-state index in [4.69, 9.17) is 9.47 Å². The van der Waals surface area contributed by atoms with Gasteiger partial charge < -0.3 is 44.0 Å². The maximum absolute atomic E-state index is 12.0. The van der Waals surface area contributed by atoms with Crippen LogP contribution in [0.4, 0.5) is 34.5 Å². The highest BCUT2D eigenvalue weighted by atomic mass is 32.2. The fraction of sp³-hybridized carbons (Fsp3) is 0.500. The van der Waals surface area contributed by atoms with E-state index in [1.807, 2.05) is 0 Å². The van der Waals surface area contributed by atoms with E-state index in [1.165, 1.54) is 43.9 Å². The first-order chi connectivity index (χ1) is 17.5. The van der Waals surface area contributed by atoms with E-state index >= 15 is 0 Å². The molecule has 4 nitrogen and oxygen atoms in total. The van der Waals surface area contributed by atoms with Gasteiger partial charge in [-0.2, -0.15) is 0 Å². The van der Waals surface area contributed by atoms with Gasteiger partial charge in [-0.3, -0.25) is 0 Å². The van der Waals surface area contributed by atoms with Gasteiger partial charge >= 0.3 is 33.5 Å². The Hall–Kier alpha value is 0.00987. The second kappa shape index (κ2) is 19.2. The van der Waals surface area contributed by atoms with Gasteiger partial charge in [-0.25, -0.2) is 9.59 Å². The monoisotopic (exact) mass is 706 g/mol. The third kappa shape index (κ3) is 18.4. The molecule has 22 heteroatoms. The first-order valence-corrected chi connectivity index (χ1v) is 17.1. The van der Waals surface area contributed by atoms with Crippen molar-refractivity contribution < 1.29 is 53.6 Å². The van der Waals surface area contributed by atoms with Gasteiger partial charge in [-0.05, 0) is 0 Å². The first kappa shape index (κ1) is 38.0. The molecule has 0 aliphatic rings. The zero-order chi connectivity index (χ0) is 29.5. The first-order valence-electron chi connectivity index (χ1n) is 9.90. The average Bonchev–Trinajstić information content (AvgIpc) is 3.38. The van der Waals surface area contributed by atoms with Crippen LogP contribution in [0.3, 0.4) is 0 Å². The maximum atomic E-state index is 12.0. The van der Waals surface area contributed by atoms with Crippen molar-refractivity contribution in [2.45, 2.75) is 29.3 Å². The van der Waals surface area contributed by atoms with E-state index < -0.39 is 14.5 Å². The Balaban J connectivity index is 0.00000116. The summed E-state index contributed by atoms with van der Waals surface area (Å²) >= 11 is 13.2. The lowest BCUT2D eigenvalue weighted by Gasteiger charge is -1.97. The van der Waals surface area contributed by atoms with Gasteiger partial charge in [0.25, 0.3) is 9.75 Å². The molecule has 0 amide bonds. The molecule has 0 N–H and O–H groups in total. The molecular weight excluding hydrogens is 686 g/mol. The summed E-state index contributed by atoms with van der Waals surface area (Å²) in [5, 5.41) is 0. The molecule has 0 aromatic carbocycles. The van der Waals surface area contributed by atoms with Crippen molar-refractivity contribution in [2.75, 3.05) is 37.2 Å². The molecule has 0 spiro atoms. The number of carbonyl (C=O) groups is 2. The molecule has 0 aliphatic heterocycles. The summed E-state index contributed by atoms with van der Waals surface area (Å²) in [5.41, 5.74) is 0. The van der Waals surface area contributed by atoms with Crippen molar-refractivity contribution in [1.82, 2.24) is 0 Å². The van der Waals surface area contributed by atoms with E-state index in [2.05, 4.69) is 13.8 Å². The van der Waals surface area contributed by atoms with Crippen LogP contribution < -0.4 is 0 Å². The smallest absolute Gasteiger partial charge is 0.463 e. The topological polar surface area (TPSA) is 52.6 Å². The molecule has 0 unspecified atom stereocenters. The van der Waals surface area contributed by atoms with Crippen LogP contribution in [0.5, 0.6) is 0 Å². The fourth-order valence-corrected chi connectivity index (χ4v) is 13.1. The predicted octanol–water partition coefficient (Wildman–Crippen LogP) is 9.78. The summed E-state index contributed by atoms with van der Waals surface area (Å²) in [5.74, 6) is 3.11. The highest BCUT2D eigenvalue weighted by Gasteiger charge is 2.31. The molecule has 2 rings (SSSR count).